The van der Waals surface area contributed by atoms with E-state index in [0.29, 0.717) is 0 Å². The number of benzene rings is 1. The summed E-state index contributed by atoms with van der Waals surface area (Å²) in [4.78, 5) is 10.8. The van der Waals surface area contributed by atoms with Gasteiger partial charge in [-0.3, -0.25) is 10.2 Å². The molecule has 5 N–H and O–H groups in total. The van der Waals surface area contributed by atoms with Crippen molar-refractivity contribution in [3.8, 4) is 0 Å². The number of halogens is 1. The van der Waals surface area contributed by atoms with Crippen LogP contribution in [0.1, 0.15) is 10.4 Å². The summed E-state index contributed by atoms with van der Waals surface area (Å²) in [5, 5.41) is 4.84. The van der Waals surface area contributed by atoms with Crippen LogP contribution >= 0.6 is 11.6 Å². The van der Waals surface area contributed by atoms with Gasteiger partial charge < -0.3 is 0 Å². The van der Waals surface area contributed by atoms with Crippen LogP contribution in [0.5, 0.6) is 0 Å². The van der Waals surface area contributed by atoms with Gasteiger partial charge in [0, 0.05) is 5.56 Å². The monoisotopic (exact) mass is 249 g/mol. The molecule has 0 radical (unpaired) electrons. The van der Waals surface area contributed by atoms with Crippen LogP contribution in [0.15, 0.2) is 23.1 Å². The van der Waals surface area contributed by atoms with Gasteiger partial charge >= 0.3 is 0 Å². The molecule has 15 heavy (non-hydrogen) atoms. The van der Waals surface area contributed by atoms with E-state index in [9.17, 15) is 13.2 Å². The van der Waals surface area contributed by atoms with Gasteiger partial charge in [0.1, 0.15) is 4.90 Å². The van der Waals surface area contributed by atoms with Crippen LogP contribution in [0.2, 0.25) is 5.02 Å². The molecular formula is C7H8ClN3O3S. The Labute approximate surface area is 91.2 Å². The number of carbonyl (C=O) groups is 1. The SMILES string of the molecule is NNC(=O)c1ccc(Cl)c(S(N)(=O)=O)c1. The minimum atomic E-state index is -3.95. The zero-order chi connectivity index (χ0) is 11.6. The first-order valence-corrected chi connectivity index (χ1v) is 5.62. The van der Waals surface area contributed by atoms with E-state index in [4.69, 9.17) is 22.6 Å². The molecule has 1 aromatic rings. The smallest absolute Gasteiger partial charge is 0.265 e. The van der Waals surface area contributed by atoms with E-state index in [-0.39, 0.29) is 15.5 Å². The van der Waals surface area contributed by atoms with Crippen molar-refractivity contribution in [2.75, 3.05) is 0 Å². The fraction of sp³-hybridized carbons (Fsp3) is 0. The van der Waals surface area contributed by atoms with Crippen LogP contribution in [0.4, 0.5) is 0 Å². The molecule has 0 saturated heterocycles. The van der Waals surface area contributed by atoms with Crippen molar-refractivity contribution in [3.05, 3.63) is 28.8 Å². The van der Waals surface area contributed by atoms with Gasteiger partial charge in [-0.05, 0) is 18.2 Å². The topological polar surface area (TPSA) is 115 Å². The van der Waals surface area contributed by atoms with Crippen LogP contribution in [-0.4, -0.2) is 14.3 Å². The molecule has 0 fully saturated rings. The standard InChI is InChI=1S/C7H8ClN3O3S/c8-5-2-1-4(7(12)11-9)3-6(5)15(10,13)14/h1-3H,9H2,(H,11,12)(H2,10,13,14). The van der Waals surface area contributed by atoms with E-state index in [2.05, 4.69) is 0 Å². The largest absolute Gasteiger partial charge is 0.290 e. The Hall–Kier alpha value is -1.15. The molecular weight excluding hydrogens is 242 g/mol. The number of amides is 1. The number of nitrogen functional groups attached to an aromatic ring is 1. The number of nitrogens with two attached hydrogens (primary N) is 2. The van der Waals surface area contributed by atoms with Crippen molar-refractivity contribution >= 4 is 27.5 Å². The lowest BCUT2D eigenvalue weighted by Crippen LogP contribution is -2.30. The lowest BCUT2D eigenvalue weighted by molar-refractivity contribution is 0.0953. The van der Waals surface area contributed by atoms with Gasteiger partial charge in [0.05, 0.1) is 5.02 Å². The molecule has 0 spiro atoms. The average Bonchev–Trinajstić information content (AvgIpc) is 2.15. The zero-order valence-electron chi connectivity index (χ0n) is 7.40. The second kappa shape index (κ2) is 4.15. The summed E-state index contributed by atoms with van der Waals surface area (Å²) in [6, 6.07) is 3.64. The van der Waals surface area contributed by atoms with E-state index in [1.54, 1.807) is 0 Å². The van der Waals surface area contributed by atoms with Gasteiger partial charge in [-0.15, -0.1) is 0 Å². The first-order valence-electron chi connectivity index (χ1n) is 3.69. The number of rotatable bonds is 2. The predicted octanol–water partition coefficient (Wildman–Crippen LogP) is -0.409. The number of hydrogen-bond donors (Lipinski definition) is 3. The lowest BCUT2D eigenvalue weighted by Gasteiger charge is -2.04. The molecule has 0 atom stereocenters. The van der Waals surface area contributed by atoms with Gasteiger partial charge in [-0.2, -0.15) is 0 Å². The first kappa shape index (κ1) is 11.9. The first-order chi connectivity index (χ1) is 6.86. The fourth-order valence-electron chi connectivity index (χ4n) is 0.946. The molecule has 1 aromatic carbocycles. The van der Waals surface area contributed by atoms with E-state index in [1.807, 2.05) is 5.43 Å². The molecule has 0 aliphatic rings. The van der Waals surface area contributed by atoms with Gasteiger partial charge in [0.15, 0.2) is 0 Å². The number of hydrazine groups is 1. The van der Waals surface area contributed by atoms with Crippen LogP contribution in [0.3, 0.4) is 0 Å². The Kier molecular flexibility index (Phi) is 3.30. The highest BCUT2D eigenvalue weighted by molar-refractivity contribution is 7.89. The number of sulfonamides is 1. The maximum absolute atomic E-state index is 11.1. The third-order valence-electron chi connectivity index (χ3n) is 1.63. The average molecular weight is 250 g/mol. The second-order valence-corrected chi connectivity index (χ2v) is 4.60. The Balaban J connectivity index is 3.36. The Bertz CT molecular complexity index is 500. The van der Waals surface area contributed by atoms with E-state index in [1.165, 1.54) is 12.1 Å². The molecule has 0 aliphatic heterocycles. The van der Waals surface area contributed by atoms with E-state index >= 15 is 0 Å². The van der Waals surface area contributed by atoms with Crippen molar-refractivity contribution in [1.82, 2.24) is 5.43 Å². The molecule has 0 heterocycles. The van der Waals surface area contributed by atoms with Gasteiger partial charge in [0.25, 0.3) is 5.91 Å². The Morgan fingerprint density at radius 1 is 1.40 bits per heavy atom. The summed E-state index contributed by atoms with van der Waals surface area (Å²) in [5.74, 6) is 4.26. The molecule has 82 valence electrons. The van der Waals surface area contributed by atoms with Crippen LogP contribution in [0.25, 0.3) is 0 Å². The van der Waals surface area contributed by atoms with Gasteiger partial charge in [-0.1, -0.05) is 11.6 Å². The molecule has 0 aromatic heterocycles. The summed E-state index contributed by atoms with van der Waals surface area (Å²) in [6.07, 6.45) is 0. The van der Waals surface area contributed by atoms with Gasteiger partial charge in [0.2, 0.25) is 10.0 Å². The second-order valence-electron chi connectivity index (χ2n) is 2.66. The molecule has 8 heteroatoms. The number of carbonyl (C=O) groups excluding carboxylic acids is 1. The summed E-state index contributed by atoms with van der Waals surface area (Å²) < 4.78 is 22.1. The van der Waals surface area contributed by atoms with Crippen molar-refractivity contribution in [3.63, 3.8) is 0 Å². The maximum atomic E-state index is 11.1. The van der Waals surface area contributed by atoms with Crippen molar-refractivity contribution in [2.45, 2.75) is 4.90 Å². The molecule has 1 rings (SSSR count). The third kappa shape index (κ3) is 2.66. The highest BCUT2D eigenvalue weighted by Crippen LogP contribution is 2.21. The normalized spacial score (nSPS) is 11.1. The molecule has 0 aliphatic carbocycles. The molecule has 6 nitrogen and oxygen atoms in total. The van der Waals surface area contributed by atoms with Crippen molar-refractivity contribution in [2.24, 2.45) is 11.0 Å². The van der Waals surface area contributed by atoms with Crippen LogP contribution < -0.4 is 16.4 Å². The minimum absolute atomic E-state index is 0.0499. The summed E-state index contributed by atoms with van der Waals surface area (Å²) in [7, 11) is -3.95. The zero-order valence-corrected chi connectivity index (χ0v) is 8.97. The molecule has 0 unspecified atom stereocenters. The van der Waals surface area contributed by atoms with Crippen molar-refractivity contribution in [1.29, 1.82) is 0 Å². The minimum Gasteiger partial charge on any atom is -0.290 e. The summed E-state index contributed by atoms with van der Waals surface area (Å²) in [6.45, 7) is 0. The predicted molar refractivity (Wildman–Crippen MR) is 54.5 cm³/mol. The quantitative estimate of drug-likeness (QED) is 0.375. The van der Waals surface area contributed by atoms with E-state index in [0.717, 1.165) is 6.07 Å². The highest BCUT2D eigenvalue weighted by atomic mass is 35.5. The third-order valence-corrected chi connectivity index (χ3v) is 3.02. The molecule has 1 amide bonds. The number of nitrogens with one attached hydrogen (secondary N) is 1. The van der Waals surface area contributed by atoms with Gasteiger partial charge in [-0.25, -0.2) is 19.4 Å². The lowest BCUT2D eigenvalue weighted by atomic mass is 10.2. The Morgan fingerprint density at radius 2 is 2.00 bits per heavy atom. The molecule has 0 saturated carbocycles. The van der Waals surface area contributed by atoms with Crippen LogP contribution in [0, 0.1) is 0 Å². The summed E-state index contributed by atoms with van der Waals surface area (Å²) >= 11 is 5.61. The number of hydrogen-bond acceptors (Lipinski definition) is 4. The molecule has 0 bridgehead atoms. The summed E-state index contributed by atoms with van der Waals surface area (Å²) in [5.41, 5.74) is 1.92. The number of primary sulfonamides is 1. The van der Waals surface area contributed by atoms with Crippen LogP contribution in [-0.2, 0) is 10.0 Å². The maximum Gasteiger partial charge on any atom is 0.265 e. The Morgan fingerprint density at radius 3 is 2.47 bits per heavy atom. The fourth-order valence-corrected chi connectivity index (χ4v) is 2.02. The highest BCUT2D eigenvalue weighted by Gasteiger charge is 2.15. The van der Waals surface area contributed by atoms with Crippen molar-refractivity contribution < 1.29 is 13.2 Å². The van der Waals surface area contributed by atoms with E-state index < -0.39 is 15.9 Å².